The molecule has 0 saturated heterocycles. The van der Waals surface area contributed by atoms with Gasteiger partial charge < -0.3 is 11.5 Å². The molecule has 4 N–H and O–H groups in total. The molecule has 1 aromatic rings. The number of benzene rings is 1. The van der Waals surface area contributed by atoms with Crippen molar-refractivity contribution in [1.29, 1.82) is 0 Å². The fourth-order valence-corrected chi connectivity index (χ4v) is 3.39. The maximum Gasteiger partial charge on any atom is 0.0503 e. The molecule has 1 aromatic carbocycles. The van der Waals surface area contributed by atoms with E-state index in [-0.39, 0.29) is 0 Å². The van der Waals surface area contributed by atoms with Crippen LogP contribution in [-0.2, 0) is 0 Å². The largest absolute Gasteiger partial charge is 0.398 e. The SMILES string of the molecule is CCCSc1cc(SCCC)c(N)c(C)c1N. The first kappa shape index (κ1) is 14.6. The van der Waals surface area contributed by atoms with Crippen molar-refractivity contribution in [3.8, 4) is 0 Å². The summed E-state index contributed by atoms with van der Waals surface area (Å²) in [6.07, 6.45) is 2.32. The van der Waals surface area contributed by atoms with Gasteiger partial charge in [-0.25, -0.2) is 0 Å². The first-order valence-corrected chi connectivity index (χ1v) is 8.03. The van der Waals surface area contributed by atoms with E-state index in [1.165, 1.54) is 9.79 Å². The molecule has 0 spiro atoms. The predicted octanol–water partition coefficient (Wildman–Crippen LogP) is 4.16. The third kappa shape index (κ3) is 3.75. The average Bonchev–Trinajstić information content (AvgIpc) is 2.34. The highest BCUT2D eigenvalue weighted by atomic mass is 32.2. The highest BCUT2D eigenvalue weighted by molar-refractivity contribution is 8.00. The molecule has 0 bridgehead atoms. The molecular formula is C13H22N2S2. The first-order chi connectivity index (χ1) is 8.11. The van der Waals surface area contributed by atoms with E-state index in [4.69, 9.17) is 11.5 Å². The molecule has 0 unspecified atom stereocenters. The second-order valence-corrected chi connectivity index (χ2v) is 6.30. The Bertz CT molecular complexity index is 346. The monoisotopic (exact) mass is 270 g/mol. The molecule has 4 heteroatoms. The van der Waals surface area contributed by atoms with E-state index >= 15 is 0 Å². The maximum atomic E-state index is 6.11. The smallest absolute Gasteiger partial charge is 0.0503 e. The van der Waals surface area contributed by atoms with Crippen LogP contribution in [0.5, 0.6) is 0 Å². The van der Waals surface area contributed by atoms with Crippen LogP contribution in [0.4, 0.5) is 11.4 Å². The number of rotatable bonds is 6. The highest BCUT2D eigenvalue weighted by Crippen LogP contribution is 2.38. The van der Waals surface area contributed by atoms with E-state index in [0.717, 1.165) is 41.3 Å². The lowest BCUT2D eigenvalue weighted by molar-refractivity contribution is 1.10. The minimum atomic E-state index is 0.849. The first-order valence-electron chi connectivity index (χ1n) is 6.05. The van der Waals surface area contributed by atoms with Gasteiger partial charge in [0.15, 0.2) is 0 Å². The number of anilines is 2. The average molecular weight is 270 g/mol. The van der Waals surface area contributed by atoms with Crippen molar-refractivity contribution in [2.24, 2.45) is 0 Å². The molecule has 0 radical (unpaired) electrons. The lowest BCUT2D eigenvalue weighted by Gasteiger charge is -2.14. The van der Waals surface area contributed by atoms with Gasteiger partial charge in [-0.1, -0.05) is 13.8 Å². The Kier molecular flexibility index (Phi) is 6.06. The number of hydrogen-bond donors (Lipinski definition) is 2. The number of nitrogens with two attached hydrogens (primary N) is 2. The second-order valence-electron chi connectivity index (χ2n) is 4.02. The summed E-state index contributed by atoms with van der Waals surface area (Å²) >= 11 is 3.65. The molecule has 0 heterocycles. The fraction of sp³-hybridized carbons (Fsp3) is 0.538. The summed E-state index contributed by atoms with van der Waals surface area (Å²) in [5.41, 5.74) is 15.0. The minimum Gasteiger partial charge on any atom is -0.398 e. The second kappa shape index (κ2) is 7.07. The summed E-state index contributed by atoms with van der Waals surface area (Å²) < 4.78 is 0. The van der Waals surface area contributed by atoms with Gasteiger partial charge in [-0.2, -0.15) is 0 Å². The van der Waals surface area contributed by atoms with Gasteiger partial charge in [0.05, 0.1) is 11.4 Å². The van der Waals surface area contributed by atoms with Crippen molar-refractivity contribution < 1.29 is 0 Å². The van der Waals surface area contributed by atoms with Crippen LogP contribution >= 0.6 is 23.5 Å². The van der Waals surface area contributed by atoms with Crippen molar-refractivity contribution in [3.05, 3.63) is 11.6 Å². The van der Waals surface area contributed by atoms with Crippen LogP contribution in [0.3, 0.4) is 0 Å². The maximum absolute atomic E-state index is 6.11. The Morgan fingerprint density at radius 3 is 1.71 bits per heavy atom. The zero-order valence-electron chi connectivity index (χ0n) is 10.9. The number of nitrogen functional groups attached to an aromatic ring is 2. The summed E-state index contributed by atoms with van der Waals surface area (Å²) in [6.45, 7) is 6.37. The van der Waals surface area contributed by atoms with Gasteiger partial charge in [0.1, 0.15) is 0 Å². The summed E-state index contributed by atoms with van der Waals surface area (Å²) in [4.78, 5) is 2.36. The molecule has 0 saturated carbocycles. The molecule has 0 fully saturated rings. The van der Waals surface area contributed by atoms with Crippen molar-refractivity contribution in [2.45, 2.75) is 43.4 Å². The summed E-state index contributed by atoms with van der Waals surface area (Å²) in [5.74, 6) is 2.21. The zero-order chi connectivity index (χ0) is 12.8. The lowest BCUT2D eigenvalue weighted by Crippen LogP contribution is -2.00. The topological polar surface area (TPSA) is 52.0 Å². The van der Waals surface area contributed by atoms with Crippen LogP contribution in [0.15, 0.2) is 15.9 Å². The molecular weight excluding hydrogens is 248 g/mol. The summed E-state index contributed by atoms with van der Waals surface area (Å²) in [5, 5.41) is 0. The third-order valence-corrected chi connectivity index (χ3v) is 5.05. The number of hydrogen-bond acceptors (Lipinski definition) is 4. The van der Waals surface area contributed by atoms with Crippen LogP contribution in [0, 0.1) is 6.92 Å². The molecule has 96 valence electrons. The van der Waals surface area contributed by atoms with Crippen molar-refractivity contribution in [2.75, 3.05) is 23.0 Å². The van der Waals surface area contributed by atoms with E-state index in [2.05, 4.69) is 19.9 Å². The van der Waals surface area contributed by atoms with E-state index in [1.54, 1.807) is 0 Å². The molecule has 17 heavy (non-hydrogen) atoms. The molecule has 0 aliphatic carbocycles. The van der Waals surface area contributed by atoms with E-state index < -0.39 is 0 Å². The molecule has 0 aliphatic rings. The van der Waals surface area contributed by atoms with E-state index in [0.29, 0.717) is 0 Å². The Hall–Kier alpha value is -0.480. The zero-order valence-corrected chi connectivity index (χ0v) is 12.5. The summed E-state index contributed by atoms with van der Waals surface area (Å²) in [7, 11) is 0. The third-order valence-electron chi connectivity index (χ3n) is 2.52. The Morgan fingerprint density at radius 1 is 0.941 bits per heavy atom. The van der Waals surface area contributed by atoms with Crippen molar-refractivity contribution in [3.63, 3.8) is 0 Å². The Labute approximate surface area is 113 Å². The lowest BCUT2D eigenvalue weighted by atomic mass is 10.1. The Morgan fingerprint density at radius 2 is 1.35 bits per heavy atom. The Balaban J connectivity index is 3.01. The van der Waals surface area contributed by atoms with Crippen LogP contribution in [-0.4, -0.2) is 11.5 Å². The van der Waals surface area contributed by atoms with Gasteiger partial charge >= 0.3 is 0 Å². The van der Waals surface area contributed by atoms with Gasteiger partial charge in [-0.15, -0.1) is 23.5 Å². The van der Waals surface area contributed by atoms with Gasteiger partial charge in [0, 0.05) is 9.79 Å². The number of thioether (sulfide) groups is 2. The van der Waals surface area contributed by atoms with Crippen molar-refractivity contribution >= 4 is 34.9 Å². The molecule has 0 amide bonds. The summed E-state index contributed by atoms with van der Waals surface area (Å²) in [6, 6.07) is 2.15. The predicted molar refractivity (Wildman–Crippen MR) is 82.0 cm³/mol. The molecule has 1 rings (SSSR count). The van der Waals surface area contributed by atoms with Gasteiger partial charge in [0.25, 0.3) is 0 Å². The molecule has 2 nitrogen and oxygen atoms in total. The van der Waals surface area contributed by atoms with Crippen LogP contribution in [0.1, 0.15) is 32.3 Å². The highest BCUT2D eigenvalue weighted by Gasteiger charge is 2.11. The van der Waals surface area contributed by atoms with Gasteiger partial charge in [-0.3, -0.25) is 0 Å². The standard InChI is InChI=1S/C13H22N2S2/c1-4-6-16-10-8-11(17-7-5-2)13(15)9(3)12(10)14/h8H,4-7,14-15H2,1-3H3. The minimum absolute atomic E-state index is 0.849. The quantitative estimate of drug-likeness (QED) is 0.602. The van der Waals surface area contributed by atoms with Crippen LogP contribution < -0.4 is 11.5 Å². The van der Waals surface area contributed by atoms with Crippen LogP contribution in [0.2, 0.25) is 0 Å². The van der Waals surface area contributed by atoms with Crippen LogP contribution in [0.25, 0.3) is 0 Å². The normalized spacial score (nSPS) is 10.8. The van der Waals surface area contributed by atoms with Gasteiger partial charge in [0.2, 0.25) is 0 Å². The molecule has 0 aliphatic heterocycles. The van der Waals surface area contributed by atoms with E-state index in [9.17, 15) is 0 Å². The molecule has 0 aromatic heterocycles. The van der Waals surface area contributed by atoms with Crippen molar-refractivity contribution in [1.82, 2.24) is 0 Å². The van der Waals surface area contributed by atoms with E-state index in [1.807, 2.05) is 30.4 Å². The molecule has 0 atom stereocenters. The fourth-order valence-electron chi connectivity index (χ4n) is 1.45. The van der Waals surface area contributed by atoms with Gasteiger partial charge in [-0.05, 0) is 42.9 Å².